The van der Waals surface area contributed by atoms with E-state index in [1.165, 1.54) is 24.4 Å². The van der Waals surface area contributed by atoms with Gasteiger partial charge in [0.1, 0.15) is 10.4 Å². The van der Waals surface area contributed by atoms with E-state index >= 15 is 0 Å². The number of aliphatic hydroxyl groups is 1. The SMILES string of the molecule is CN1CCC(c2nc(Br)c3n2CC(O)CC3)CC1. The van der Waals surface area contributed by atoms with Crippen LogP contribution in [0.15, 0.2) is 4.60 Å². The Labute approximate surface area is 116 Å². The fraction of sp³-hybridized carbons (Fsp3) is 0.769. The Bertz CT molecular complexity index is 438. The molecule has 1 aromatic heterocycles. The predicted octanol–water partition coefficient (Wildman–Crippen LogP) is 1.76. The topological polar surface area (TPSA) is 41.3 Å². The number of aliphatic hydroxyl groups excluding tert-OH is 1. The fourth-order valence-corrected chi connectivity index (χ4v) is 3.69. The maximum absolute atomic E-state index is 9.86. The number of nitrogens with zero attached hydrogens (tertiary/aromatic N) is 3. The molecule has 1 saturated heterocycles. The second-order valence-corrected chi connectivity index (χ2v) is 6.34. The first-order chi connectivity index (χ1) is 8.65. The Balaban J connectivity index is 1.88. The third-order valence-electron chi connectivity index (χ3n) is 4.24. The van der Waals surface area contributed by atoms with Crippen LogP contribution in [0.2, 0.25) is 0 Å². The van der Waals surface area contributed by atoms with Gasteiger partial charge in [0, 0.05) is 5.92 Å². The van der Waals surface area contributed by atoms with E-state index in [0.717, 1.165) is 37.1 Å². The number of hydrogen-bond donors (Lipinski definition) is 1. The molecule has 0 spiro atoms. The van der Waals surface area contributed by atoms with Crippen molar-refractivity contribution >= 4 is 15.9 Å². The molecule has 0 radical (unpaired) electrons. The summed E-state index contributed by atoms with van der Waals surface area (Å²) in [5, 5.41) is 9.86. The van der Waals surface area contributed by atoms with E-state index in [4.69, 9.17) is 4.98 Å². The molecule has 100 valence electrons. The smallest absolute Gasteiger partial charge is 0.127 e. The highest BCUT2D eigenvalue weighted by Crippen LogP contribution is 2.33. The average molecular weight is 314 g/mol. The number of fused-ring (bicyclic) bond motifs is 1. The van der Waals surface area contributed by atoms with Gasteiger partial charge in [-0.1, -0.05) is 0 Å². The molecule has 1 atom stereocenters. The molecule has 0 bridgehead atoms. The lowest BCUT2D eigenvalue weighted by Crippen LogP contribution is -2.32. The Hall–Kier alpha value is -0.390. The summed E-state index contributed by atoms with van der Waals surface area (Å²) in [6.07, 6.45) is 3.94. The van der Waals surface area contributed by atoms with Gasteiger partial charge in [0.05, 0.1) is 18.3 Å². The number of piperidine rings is 1. The van der Waals surface area contributed by atoms with Crippen LogP contribution in [-0.4, -0.2) is 45.8 Å². The molecule has 0 amide bonds. The van der Waals surface area contributed by atoms with Gasteiger partial charge in [-0.2, -0.15) is 0 Å². The molecule has 0 aliphatic carbocycles. The lowest BCUT2D eigenvalue weighted by atomic mass is 9.96. The van der Waals surface area contributed by atoms with E-state index in [-0.39, 0.29) is 6.10 Å². The van der Waals surface area contributed by atoms with Crippen LogP contribution >= 0.6 is 15.9 Å². The summed E-state index contributed by atoms with van der Waals surface area (Å²) in [6, 6.07) is 0. The first-order valence-electron chi connectivity index (χ1n) is 6.76. The Morgan fingerprint density at radius 1 is 1.28 bits per heavy atom. The van der Waals surface area contributed by atoms with Gasteiger partial charge in [0.2, 0.25) is 0 Å². The highest BCUT2D eigenvalue weighted by atomic mass is 79.9. The normalized spacial score (nSPS) is 26.3. The van der Waals surface area contributed by atoms with E-state index in [9.17, 15) is 5.11 Å². The average Bonchev–Trinajstić information content (AvgIpc) is 2.67. The highest BCUT2D eigenvalue weighted by Gasteiger charge is 2.28. The van der Waals surface area contributed by atoms with Crippen LogP contribution in [0.3, 0.4) is 0 Å². The summed E-state index contributed by atoms with van der Waals surface area (Å²) in [5.41, 5.74) is 1.27. The van der Waals surface area contributed by atoms with Crippen LogP contribution in [0.1, 0.15) is 36.7 Å². The highest BCUT2D eigenvalue weighted by molar-refractivity contribution is 9.10. The molecule has 5 heteroatoms. The van der Waals surface area contributed by atoms with Crippen LogP contribution in [0.25, 0.3) is 0 Å². The lowest BCUT2D eigenvalue weighted by Gasteiger charge is -2.30. The van der Waals surface area contributed by atoms with Crippen molar-refractivity contribution in [2.75, 3.05) is 20.1 Å². The molecule has 3 heterocycles. The largest absolute Gasteiger partial charge is 0.391 e. The first-order valence-corrected chi connectivity index (χ1v) is 7.56. The van der Waals surface area contributed by atoms with E-state index in [1.54, 1.807) is 0 Å². The number of hydrogen-bond acceptors (Lipinski definition) is 3. The number of likely N-dealkylation sites (tertiary alicyclic amines) is 1. The minimum atomic E-state index is -0.205. The molecule has 0 aromatic carbocycles. The van der Waals surface area contributed by atoms with Gasteiger partial charge < -0.3 is 14.6 Å². The van der Waals surface area contributed by atoms with Crippen LogP contribution in [0.5, 0.6) is 0 Å². The molecule has 2 aliphatic rings. The van der Waals surface area contributed by atoms with Crippen molar-refractivity contribution < 1.29 is 5.11 Å². The van der Waals surface area contributed by atoms with Crippen molar-refractivity contribution in [2.45, 2.75) is 44.2 Å². The summed E-state index contributed by atoms with van der Waals surface area (Å²) in [6.45, 7) is 3.01. The predicted molar refractivity (Wildman–Crippen MR) is 73.7 cm³/mol. The van der Waals surface area contributed by atoms with Gasteiger partial charge in [-0.3, -0.25) is 0 Å². The number of halogens is 1. The molecule has 3 rings (SSSR count). The molecule has 2 aliphatic heterocycles. The van der Waals surface area contributed by atoms with Crippen LogP contribution in [0.4, 0.5) is 0 Å². The molecule has 1 unspecified atom stereocenters. The summed E-state index contributed by atoms with van der Waals surface area (Å²) in [5.74, 6) is 1.74. The van der Waals surface area contributed by atoms with Crippen molar-refractivity contribution in [1.29, 1.82) is 0 Å². The minimum Gasteiger partial charge on any atom is -0.391 e. The fourth-order valence-electron chi connectivity index (χ4n) is 3.10. The summed E-state index contributed by atoms with van der Waals surface area (Å²) >= 11 is 3.58. The molecule has 1 N–H and O–H groups in total. The zero-order valence-electron chi connectivity index (χ0n) is 10.8. The Morgan fingerprint density at radius 3 is 2.72 bits per heavy atom. The molecule has 1 aromatic rings. The minimum absolute atomic E-state index is 0.205. The van der Waals surface area contributed by atoms with Crippen molar-refractivity contribution in [3.63, 3.8) is 0 Å². The van der Waals surface area contributed by atoms with Gasteiger partial charge in [-0.15, -0.1) is 0 Å². The number of rotatable bonds is 1. The standard InChI is InChI=1S/C13H20BrN3O/c1-16-6-4-9(5-7-16)13-15-12(14)11-3-2-10(18)8-17(11)13/h9-10,18H,2-8H2,1H3. The summed E-state index contributed by atoms with van der Waals surface area (Å²) < 4.78 is 3.25. The maximum Gasteiger partial charge on any atom is 0.127 e. The van der Waals surface area contributed by atoms with E-state index in [0.29, 0.717) is 5.92 Å². The second-order valence-electron chi connectivity index (χ2n) is 5.59. The quantitative estimate of drug-likeness (QED) is 0.859. The third-order valence-corrected chi connectivity index (χ3v) is 4.88. The van der Waals surface area contributed by atoms with Crippen molar-refractivity contribution in [1.82, 2.24) is 14.5 Å². The summed E-state index contributed by atoms with van der Waals surface area (Å²) in [7, 11) is 2.18. The Morgan fingerprint density at radius 2 is 2.00 bits per heavy atom. The summed E-state index contributed by atoms with van der Waals surface area (Å²) in [4.78, 5) is 7.10. The second kappa shape index (κ2) is 4.94. The third kappa shape index (κ3) is 2.24. The lowest BCUT2D eigenvalue weighted by molar-refractivity contribution is 0.128. The van der Waals surface area contributed by atoms with Gasteiger partial charge in [-0.05, 0) is 61.8 Å². The van der Waals surface area contributed by atoms with E-state index < -0.39 is 0 Å². The van der Waals surface area contributed by atoms with E-state index in [2.05, 4.69) is 32.4 Å². The van der Waals surface area contributed by atoms with Gasteiger partial charge in [0.25, 0.3) is 0 Å². The van der Waals surface area contributed by atoms with Crippen molar-refractivity contribution in [3.8, 4) is 0 Å². The van der Waals surface area contributed by atoms with Gasteiger partial charge >= 0.3 is 0 Å². The monoisotopic (exact) mass is 313 g/mol. The van der Waals surface area contributed by atoms with E-state index in [1.807, 2.05) is 0 Å². The molecular weight excluding hydrogens is 294 g/mol. The molecule has 0 saturated carbocycles. The zero-order chi connectivity index (χ0) is 12.7. The van der Waals surface area contributed by atoms with Crippen molar-refractivity contribution in [2.24, 2.45) is 0 Å². The number of aromatic nitrogens is 2. The molecular formula is C13H20BrN3O. The number of imidazole rings is 1. The Kier molecular flexibility index (Phi) is 3.47. The van der Waals surface area contributed by atoms with Crippen LogP contribution in [-0.2, 0) is 13.0 Å². The zero-order valence-corrected chi connectivity index (χ0v) is 12.4. The van der Waals surface area contributed by atoms with Crippen LogP contribution < -0.4 is 0 Å². The molecule has 1 fully saturated rings. The molecule has 4 nitrogen and oxygen atoms in total. The van der Waals surface area contributed by atoms with Crippen LogP contribution in [0, 0.1) is 0 Å². The first kappa shape index (κ1) is 12.6. The van der Waals surface area contributed by atoms with Gasteiger partial charge in [0.15, 0.2) is 0 Å². The maximum atomic E-state index is 9.86. The van der Waals surface area contributed by atoms with Crippen molar-refractivity contribution in [3.05, 3.63) is 16.1 Å². The molecule has 18 heavy (non-hydrogen) atoms. The van der Waals surface area contributed by atoms with Gasteiger partial charge in [-0.25, -0.2) is 4.98 Å².